The van der Waals surface area contributed by atoms with E-state index < -0.39 is 5.21 Å². The van der Waals surface area contributed by atoms with Gasteiger partial charge in [-0.05, 0) is 6.54 Å². The van der Waals surface area contributed by atoms with Gasteiger partial charge in [-0.15, -0.1) is 0 Å². The fourth-order valence-electron chi connectivity index (χ4n) is 0.779. The Balaban J connectivity index is 2.36. The Morgan fingerprint density at radius 3 is 3.00 bits per heavy atom. The molecule has 1 saturated heterocycles. The second kappa shape index (κ2) is 2.76. The van der Waals surface area contributed by atoms with Gasteiger partial charge in [0.15, 0.2) is 0 Å². The third-order valence-electron chi connectivity index (χ3n) is 1.25. The fourth-order valence-corrected chi connectivity index (χ4v) is 0.779. The van der Waals surface area contributed by atoms with Crippen LogP contribution in [0, 0.1) is 0 Å². The maximum atomic E-state index is 5.57. The zero-order valence-corrected chi connectivity index (χ0v) is 5.39. The van der Waals surface area contributed by atoms with E-state index in [9.17, 15) is 0 Å². The Bertz CT molecular complexity index is 87.0. The van der Waals surface area contributed by atoms with Crippen LogP contribution >= 0.6 is 0 Å². The summed E-state index contributed by atoms with van der Waals surface area (Å²) in [6.45, 7) is 2.62. The number of rotatable bonds is 0. The van der Waals surface area contributed by atoms with Crippen molar-refractivity contribution in [2.24, 2.45) is 0 Å². The van der Waals surface area contributed by atoms with Crippen molar-refractivity contribution >= 4 is 15.7 Å². The first-order valence-electron chi connectivity index (χ1n) is 3.07. The quantitative estimate of drug-likeness (QED) is 0.417. The molecule has 0 aromatic heterocycles. The highest BCUT2D eigenvalue weighted by molar-refractivity contribution is 6.40. The van der Waals surface area contributed by atoms with E-state index in [-0.39, 0.29) is 0 Å². The van der Waals surface area contributed by atoms with E-state index >= 15 is 0 Å². The predicted molar refractivity (Wildman–Crippen MR) is 37.9 cm³/mol. The van der Waals surface area contributed by atoms with Crippen molar-refractivity contribution in [2.45, 2.75) is 5.21 Å². The zero-order valence-electron chi connectivity index (χ0n) is 5.39. The van der Waals surface area contributed by atoms with Gasteiger partial charge in [0.25, 0.3) is 0 Å². The lowest BCUT2D eigenvalue weighted by Gasteiger charge is -2.21. The number of hydrogen-bond acceptors (Lipinski definition) is 2. The molecule has 1 heterocycles. The summed E-state index contributed by atoms with van der Waals surface area (Å²) in [6, 6.07) is 0. The summed E-state index contributed by atoms with van der Waals surface area (Å²) in [5.41, 5.74) is 0. The Morgan fingerprint density at radius 2 is 2.22 bits per heavy atom. The molecule has 1 aliphatic heterocycles. The Labute approximate surface area is 58.2 Å². The first-order valence-corrected chi connectivity index (χ1v) is 3.07. The largest absolute Gasteiger partial charge is 0.381 e. The molecule has 0 bridgehead atoms. The summed E-state index contributed by atoms with van der Waals surface area (Å²) in [5.74, 6) is 0. The van der Waals surface area contributed by atoms with Crippen LogP contribution < -0.4 is 5.32 Å². The maximum absolute atomic E-state index is 5.57. The summed E-state index contributed by atoms with van der Waals surface area (Å²) in [5, 5.41) is 2.39. The van der Waals surface area contributed by atoms with Gasteiger partial charge in [-0.1, -0.05) is 5.21 Å². The van der Waals surface area contributed by atoms with Crippen molar-refractivity contribution in [3.05, 3.63) is 0 Å². The van der Waals surface area contributed by atoms with E-state index in [1.165, 1.54) is 0 Å². The van der Waals surface area contributed by atoms with Gasteiger partial charge < -0.3 is 10.1 Å². The van der Waals surface area contributed by atoms with Crippen LogP contribution in [0.5, 0.6) is 0 Å². The van der Waals surface area contributed by atoms with Gasteiger partial charge in [0.05, 0.1) is 22.3 Å². The van der Waals surface area contributed by atoms with Crippen molar-refractivity contribution < 1.29 is 4.74 Å². The first-order chi connectivity index (χ1) is 4.21. The summed E-state index contributed by atoms with van der Waals surface area (Å²) in [6.07, 6.45) is 0. The van der Waals surface area contributed by atoms with E-state index in [0.717, 1.165) is 6.54 Å². The topological polar surface area (TPSA) is 21.3 Å². The molecule has 1 aliphatic rings. The standard InChI is InChI=1S/C5H9B2NO/c6-5(7)3-8-1-2-9-4-5/h8H,1-4H2. The molecular formula is C5H9B2NO. The monoisotopic (exact) mass is 121 g/mol. The molecule has 0 amide bonds. The highest BCUT2D eigenvalue weighted by Gasteiger charge is 2.18. The molecule has 0 unspecified atom stereocenters. The van der Waals surface area contributed by atoms with E-state index in [0.29, 0.717) is 19.8 Å². The van der Waals surface area contributed by atoms with E-state index in [4.69, 9.17) is 20.4 Å². The third-order valence-corrected chi connectivity index (χ3v) is 1.25. The molecule has 46 valence electrons. The summed E-state index contributed by atoms with van der Waals surface area (Å²) in [4.78, 5) is 0. The molecule has 0 aromatic rings. The lowest BCUT2D eigenvalue weighted by atomic mass is 9.55. The molecule has 0 saturated carbocycles. The number of nitrogens with one attached hydrogen (secondary N) is 1. The fraction of sp³-hybridized carbons (Fsp3) is 1.00. The molecular weight excluding hydrogens is 112 g/mol. The minimum Gasteiger partial charge on any atom is -0.381 e. The van der Waals surface area contributed by atoms with Crippen LogP contribution in [-0.2, 0) is 4.74 Å². The molecule has 1 fully saturated rings. The van der Waals surface area contributed by atoms with Crippen LogP contribution in [0.25, 0.3) is 0 Å². The average Bonchev–Trinajstić information content (AvgIpc) is 1.92. The molecule has 2 nitrogen and oxygen atoms in total. The molecule has 0 spiro atoms. The summed E-state index contributed by atoms with van der Waals surface area (Å²) >= 11 is 0. The molecule has 1 N–H and O–H groups in total. The van der Waals surface area contributed by atoms with Crippen molar-refractivity contribution in [2.75, 3.05) is 26.3 Å². The lowest BCUT2D eigenvalue weighted by Crippen LogP contribution is -2.29. The van der Waals surface area contributed by atoms with Crippen LogP contribution in [0.2, 0.25) is 5.21 Å². The summed E-state index contributed by atoms with van der Waals surface area (Å²) in [7, 11) is 11.1. The molecule has 0 aliphatic carbocycles. The lowest BCUT2D eigenvalue weighted by molar-refractivity contribution is 0.145. The third kappa shape index (κ3) is 2.41. The smallest absolute Gasteiger partial charge is 0.0668 e. The zero-order chi connectivity index (χ0) is 6.74. The highest BCUT2D eigenvalue weighted by Crippen LogP contribution is 2.14. The molecule has 0 aromatic carbocycles. The minimum absolute atomic E-state index is 0.444. The van der Waals surface area contributed by atoms with E-state index in [1.807, 2.05) is 0 Å². The SMILES string of the molecule is [B]C1([B])CNCCOC1. The van der Waals surface area contributed by atoms with E-state index in [1.54, 1.807) is 0 Å². The first kappa shape index (κ1) is 7.16. The number of ether oxygens (including phenoxy) is 1. The van der Waals surface area contributed by atoms with Crippen molar-refractivity contribution in [3.63, 3.8) is 0 Å². The van der Waals surface area contributed by atoms with Crippen molar-refractivity contribution in [1.29, 1.82) is 0 Å². The van der Waals surface area contributed by atoms with Gasteiger partial charge in [-0.25, -0.2) is 0 Å². The molecule has 9 heavy (non-hydrogen) atoms. The van der Waals surface area contributed by atoms with Gasteiger partial charge in [0.1, 0.15) is 0 Å². The maximum Gasteiger partial charge on any atom is 0.0668 e. The molecule has 1 rings (SSSR count). The number of hydrogen-bond donors (Lipinski definition) is 1. The van der Waals surface area contributed by atoms with Crippen LogP contribution in [0.3, 0.4) is 0 Å². The van der Waals surface area contributed by atoms with E-state index in [2.05, 4.69) is 5.32 Å². The van der Waals surface area contributed by atoms with Crippen LogP contribution in [-0.4, -0.2) is 42.0 Å². The summed E-state index contributed by atoms with van der Waals surface area (Å²) < 4.78 is 5.10. The Morgan fingerprint density at radius 1 is 1.44 bits per heavy atom. The minimum atomic E-state index is -0.670. The van der Waals surface area contributed by atoms with Gasteiger partial charge in [0, 0.05) is 13.2 Å². The van der Waals surface area contributed by atoms with Crippen molar-refractivity contribution in [1.82, 2.24) is 5.32 Å². The predicted octanol–water partition coefficient (Wildman–Crippen LogP) is -0.941. The van der Waals surface area contributed by atoms with Crippen LogP contribution in [0.1, 0.15) is 0 Å². The van der Waals surface area contributed by atoms with Gasteiger partial charge >= 0.3 is 0 Å². The normalized spacial score (nSPS) is 27.1. The van der Waals surface area contributed by atoms with Gasteiger partial charge in [-0.2, -0.15) is 0 Å². The molecule has 4 radical (unpaired) electrons. The van der Waals surface area contributed by atoms with Gasteiger partial charge in [-0.3, -0.25) is 0 Å². The van der Waals surface area contributed by atoms with Crippen LogP contribution in [0.4, 0.5) is 0 Å². The molecule has 4 heteroatoms. The second-order valence-corrected chi connectivity index (χ2v) is 2.46. The average molecular weight is 121 g/mol. The highest BCUT2D eigenvalue weighted by atomic mass is 16.5. The Hall–Kier alpha value is 0.0499. The Kier molecular flexibility index (Phi) is 2.19. The molecule has 0 atom stereocenters. The van der Waals surface area contributed by atoms with Gasteiger partial charge in [0.2, 0.25) is 0 Å². The van der Waals surface area contributed by atoms with Crippen LogP contribution in [0.15, 0.2) is 0 Å². The second-order valence-electron chi connectivity index (χ2n) is 2.46. The van der Waals surface area contributed by atoms with Crippen molar-refractivity contribution in [3.8, 4) is 0 Å².